The van der Waals surface area contributed by atoms with Crippen molar-refractivity contribution < 1.29 is 24.3 Å². The van der Waals surface area contributed by atoms with Gasteiger partial charge >= 0.3 is 5.97 Å². The maximum atomic E-state index is 12.9. The zero-order chi connectivity index (χ0) is 20.7. The number of amides is 3. The Hall–Kier alpha value is -3.22. The van der Waals surface area contributed by atoms with Crippen LogP contribution in [0.15, 0.2) is 36.4 Å². The van der Waals surface area contributed by atoms with Crippen molar-refractivity contribution in [3.8, 4) is 0 Å². The van der Waals surface area contributed by atoms with E-state index < -0.39 is 12.0 Å². The molecule has 1 fully saturated rings. The Kier molecular flexibility index (Phi) is 4.82. The number of nitrogens with zero attached hydrogens (tertiary/aromatic N) is 2. The average Bonchev–Trinajstić information content (AvgIpc) is 3.53. The van der Waals surface area contributed by atoms with E-state index in [9.17, 15) is 24.3 Å². The third-order valence-electron chi connectivity index (χ3n) is 5.63. The van der Waals surface area contributed by atoms with Gasteiger partial charge in [0.25, 0.3) is 11.8 Å². The van der Waals surface area contributed by atoms with Crippen LogP contribution < -0.4 is 0 Å². The van der Waals surface area contributed by atoms with Crippen LogP contribution in [-0.4, -0.2) is 57.2 Å². The van der Waals surface area contributed by atoms with Crippen LogP contribution in [0.5, 0.6) is 0 Å². The molecule has 2 aromatic carbocycles. The number of hydrogen-bond donors (Lipinski definition) is 1. The Morgan fingerprint density at radius 2 is 1.69 bits per heavy atom. The van der Waals surface area contributed by atoms with Crippen molar-refractivity contribution >= 4 is 34.5 Å². The van der Waals surface area contributed by atoms with E-state index >= 15 is 0 Å². The maximum absolute atomic E-state index is 12.9. The van der Waals surface area contributed by atoms with Crippen molar-refractivity contribution in [3.05, 3.63) is 47.5 Å². The second kappa shape index (κ2) is 7.31. The predicted molar refractivity (Wildman–Crippen MR) is 106 cm³/mol. The summed E-state index contributed by atoms with van der Waals surface area (Å²) in [5.74, 6) is -1.99. The lowest BCUT2D eigenvalue weighted by Crippen LogP contribution is -2.45. The summed E-state index contributed by atoms with van der Waals surface area (Å²) < 4.78 is 0. The molecule has 1 atom stereocenters. The van der Waals surface area contributed by atoms with Gasteiger partial charge in [0.2, 0.25) is 5.91 Å². The molecule has 29 heavy (non-hydrogen) atoms. The summed E-state index contributed by atoms with van der Waals surface area (Å²) in [6, 6.07) is 9.84. The Balaban J connectivity index is 1.47. The van der Waals surface area contributed by atoms with Crippen LogP contribution in [0, 0.1) is 0 Å². The molecule has 1 aliphatic carbocycles. The standard InChI is InChI=1S/C22H22N2O5/c1-13(22(28)29)24(15-10-11-15)18(25)9-4-12-23-20(26)16-7-2-5-14-6-3-8-17(19(14)16)21(23)27/h2-3,5-8,13,15H,4,9-12H2,1H3,(H,28,29). The third kappa shape index (κ3) is 3.37. The molecule has 0 spiro atoms. The minimum absolute atomic E-state index is 0.0173. The van der Waals surface area contributed by atoms with E-state index in [-0.39, 0.29) is 36.7 Å². The number of imide groups is 1. The van der Waals surface area contributed by atoms with Crippen molar-refractivity contribution in [2.24, 2.45) is 0 Å². The van der Waals surface area contributed by atoms with Gasteiger partial charge in [-0.3, -0.25) is 19.3 Å². The van der Waals surface area contributed by atoms with E-state index in [1.54, 1.807) is 24.3 Å². The summed E-state index contributed by atoms with van der Waals surface area (Å²) >= 11 is 0. The Labute approximate surface area is 167 Å². The van der Waals surface area contributed by atoms with Crippen LogP contribution >= 0.6 is 0 Å². The molecule has 1 N–H and O–H groups in total. The summed E-state index contributed by atoms with van der Waals surface area (Å²) in [6.07, 6.45) is 2.02. The van der Waals surface area contributed by atoms with Gasteiger partial charge in [0, 0.05) is 35.5 Å². The molecule has 0 aromatic heterocycles. The van der Waals surface area contributed by atoms with E-state index in [0.29, 0.717) is 22.9 Å². The van der Waals surface area contributed by atoms with E-state index in [1.165, 1.54) is 16.7 Å². The second-order valence-corrected chi connectivity index (χ2v) is 7.62. The summed E-state index contributed by atoms with van der Waals surface area (Å²) in [4.78, 5) is 52.3. The Bertz CT molecular complexity index is 976. The second-order valence-electron chi connectivity index (χ2n) is 7.62. The van der Waals surface area contributed by atoms with E-state index in [4.69, 9.17) is 0 Å². The molecule has 1 unspecified atom stereocenters. The molecule has 7 nitrogen and oxygen atoms in total. The lowest BCUT2D eigenvalue weighted by Gasteiger charge is -2.28. The molecular weight excluding hydrogens is 372 g/mol. The van der Waals surface area contributed by atoms with Gasteiger partial charge in [-0.2, -0.15) is 0 Å². The van der Waals surface area contributed by atoms with Crippen LogP contribution in [0.3, 0.4) is 0 Å². The largest absolute Gasteiger partial charge is 0.480 e. The lowest BCUT2D eigenvalue weighted by atomic mass is 9.94. The molecule has 0 radical (unpaired) electrons. The van der Waals surface area contributed by atoms with Crippen molar-refractivity contribution in [3.63, 3.8) is 0 Å². The average molecular weight is 394 g/mol. The SMILES string of the molecule is CC(C(=O)O)N(C(=O)CCCN1C(=O)c2cccc3cccc(c23)C1=O)C1CC1. The van der Waals surface area contributed by atoms with E-state index in [1.807, 2.05) is 12.1 Å². The van der Waals surface area contributed by atoms with Crippen LogP contribution in [0.2, 0.25) is 0 Å². The van der Waals surface area contributed by atoms with Crippen molar-refractivity contribution in [2.75, 3.05) is 6.54 Å². The van der Waals surface area contributed by atoms with Crippen LogP contribution in [0.25, 0.3) is 10.8 Å². The Morgan fingerprint density at radius 1 is 1.10 bits per heavy atom. The number of carboxylic acids is 1. The van der Waals surface area contributed by atoms with Crippen molar-refractivity contribution in [1.29, 1.82) is 0 Å². The van der Waals surface area contributed by atoms with Crippen LogP contribution in [0.4, 0.5) is 0 Å². The first-order chi connectivity index (χ1) is 13.9. The highest BCUT2D eigenvalue weighted by molar-refractivity contribution is 6.25. The fourth-order valence-electron chi connectivity index (χ4n) is 4.01. The number of carbonyl (C=O) groups is 4. The van der Waals surface area contributed by atoms with Crippen molar-refractivity contribution in [2.45, 2.75) is 44.7 Å². The van der Waals surface area contributed by atoms with Gasteiger partial charge in [0.05, 0.1) is 0 Å². The fraction of sp³-hybridized carbons (Fsp3) is 0.364. The molecule has 1 saturated carbocycles. The zero-order valence-electron chi connectivity index (χ0n) is 16.1. The van der Waals surface area contributed by atoms with Gasteiger partial charge in [-0.05, 0) is 43.7 Å². The van der Waals surface area contributed by atoms with E-state index in [0.717, 1.165) is 18.2 Å². The molecule has 150 valence electrons. The topological polar surface area (TPSA) is 95.0 Å². The zero-order valence-corrected chi connectivity index (χ0v) is 16.1. The molecule has 7 heteroatoms. The van der Waals surface area contributed by atoms with Crippen molar-refractivity contribution in [1.82, 2.24) is 9.80 Å². The van der Waals surface area contributed by atoms with E-state index in [2.05, 4.69) is 0 Å². The highest BCUT2D eigenvalue weighted by atomic mass is 16.4. The summed E-state index contributed by atoms with van der Waals surface area (Å²) in [7, 11) is 0. The van der Waals surface area contributed by atoms with Gasteiger partial charge in [-0.1, -0.05) is 24.3 Å². The first-order valence-electron chi connectivity index (χ1n) is 9.82. The van der Waals surface area contributed by atoms with Gasteiger partial charge in [0.15, 0.2) is 0 Å². The molecule has 0 bridgehead atoms. The van der Waals surface area contributed by atoms with Gasteiger partial charge in [0.1, 0.15) is 6.04 Å². The smallest absolute Gasteiger partial charge is 0.326 e. The molecule has 1 aliphatic heterocycles. The van der Waals surface area contributed by atoms with Crippen LogP contribution in [0.1, 0.15) is 53.3 Å². The summed E-state index contributed by atoms with van der Waals surface area (Å²) in [5, 5.41) is 10.8. The maximum Gasteiger partial charge on any atom is 0.326 e. The fourth-order valence-corrected chi connectivity index (χ4v) is 4.01. The number of carboxylic acid groups (broad SMARTS) is 1. The number of rotatable bonds is 7. The lowest BCUT2D eigenvalue weighted by molar-refractivity contribution is -0.150. The normalized spacial score (nSPS) is 16.8. The first-order valence-corrected chi connectivity index (χ1v) is 9.82. The number of benzene rings is 2. The Morgan fingerprint density at radius 3 is 2.21 bits per heavy atom. The molecular formula is C22H22N2O5. The highest BCUT2D eigenvalue weighted by Crippen LogP contribution is 2.31. The number of aliphatic carboxylic acids is 1. The molecule has 1 heterocycles. The predicted octanol–water partition coefficient (Wildman–Crippen LogP) is 2.68. The number of hydrogen-bond acceptors (Lipinski definition) is 4. The minimum atomic E-state index is -1.03. The van der Waals surface area contributed by atoms with Gasteiger partial charge < -0.3 is 10.0 Å². The first kappa shape index (κ1) is 19.1. The summed E-state index contributed by atoms with van der Waals surface area (Å²) in [6.45, 7) is 1.63. The highest BCUT2D eigenvalue weighted by Gasteiger charge is 2.38. The molecule has 2 aromatic rings. The monoisotopic (exact) mass is 394 g/mol. The van der Waals surface area contributed by atoms with Crippen LogP contribution in [-0.2, 0) is 9.59 Å². The third-order valence-corrected chi connectivity index (χ3v) is 5.63. The molecule has 3 amide bonds. The van der Waals surface area contributed by atoms with Gasteiger partial charge in [-0.15, -0.1) is 0 Å². The summed E-state index contributed by atoms with van der Waals surface area (Å²) in [5.41, 5.74) is 0.978. The quantitative estimate of drug-likeness (QED) is 0.729. The molecule has 0 saturated heterocycles. The molecule has 4 rings (SSSR count). The minimum Gasteiger partial charge on any atom is -0.480 e. The molecule has 2 aliphatic rings. The number of carbonyl (C=O) groups excluding carboxylic acids is 3. The van der Waals surface area contributed by atoms with Gasteiger partial charge in [-0.25, -0.2) is 4.79 Å².